The number of halogens is 2. The fourth-order valence-electron chi connectivity index (χ4n) is 1.80. The van der Waals surface area contributed by atoms with E-state index in [1.54, 1.807) is 18.3 Å². The maximum Gasteiger partial charge on any atom is 0.137 e. The summed E-state index contributed by atoms with van der Waals surface area (Å²) in [5.74, 6) is -0.278. The van der Waals surface area contributed by atoms with Gasteiger partial charge in [0.25, 0.3) is 0 Å². The molecule has 0 aliphatic rings. The van der Waals surface area contributed by atoms with E-state index in [1.165, 1.54) is 6.07 Å². The average molecular weight is 309 g/mol. The van der Waals surface area contributed by atoms with E-state index in [1.807, 2.05) is 19.1 Å². The van der Waals surface area contributed by atoms with E-state index >= 15 is 0 Å². The molecule has 0 fully saturated rings. The fraction of sp³-hybridized carbons (Fsp3) is 0.214. The van der Waals surface area contributed by atoms with Crippen molar-refractivity contribution < 1.29 is 4.39 Å². The lowest BCUT2D eigenvalue weighted by Gasteiger charge is -2.13. The minimum atomic E-state index is -0.278. The molecular formula is C14H14BrFN2. The highest BCUT2D eigenvalue weighted by atomic mass is 79.9. The molecule has 2 N–H and O–H groups in total. The Morgan fingerprint density at radius 2 is 2.17 bits per heavy atom. The van der Waals surface area contributed by atoms with Crippen molar-refractivity contribution in [3.63, 3.8) is 0 Å². The van der Waals surface area contributed by atoms with Crippen LogP contribution in [0.4, 0.5) is 4.39 Å². The van der Waals surface area contributed by atoms with Gasteiger partial charge in [0, 0.05) is 24.4 Å². The number of rotatable bonds is 3. The zero-order valence-electron chi connectivity index (χ0n) is 10.0. The van der Waals surface area contributed by atoms with Crippen molar-refractivity contribution in [3.8, 4) is 0 Å². The molecule has 2 aromatic rings. The quantitative estimate of drug-likeness (QED) is 0.942. The van der Waals surface area contributed by atoms with Crippen molar-refractivity contribution in [1.29, 1.82) is 0 Å². The molecule has 0 spiro atoms. The molecule has 0 saturated heterocycles. The van der Waals surface area contributed by atoms with Gasteiger partial charge in [-0.1, -0.05) is 12.1 Å². The lowest BCUT2D eigenvalue weighted by Crippen LogP contribution is -2.15. The maximum absolute atomic E-state index is 13.2. The number of benzene rings is 1. The number of hydrogen-bond donors (Lipinski definition) is 1. The first-order chi connectivity index (χ1) is 8.58. The van der Waals surface area contributed by atoms with Crippen molar-refractivity contribution in [2.24, 2.45) is 5.73 Å². The molecule has 0 saturated carbocycles. The van der Waals surface area contributed by atoms with Crippen LogP contribution in [0.2, 0.25) is 0 Å². The van der Waals surface area contributed by atoms with Crippen molar-refractivity contribution in [3.05, 3.63) is 63.6 Å². The summed E-state index contributed by atoms with van der Waals surface area (Å²) in [6, 6.07) is 8.58. The summed E-state index contributed by atoms with van der Waals surface area (Å²) < 4.78 is 13.6. The van der Waals surface area contributed by atoms with Crippen LogP contribution in [-0.2, 0) is 6.42 Å². The molecule has 1 heterocycles. The van der Waals surface area contributed by atoms with Crippen LogP contribution >= 0.6 is 15.9 Å². The minimum absolute atomic E-state index is 0.185. The Morgan fingerprint density at radius 3 is 2.83 bits per heavy atom. The van der Waals surface area contributed by atoms with Gasteiger partial charge in [0.05, 0.1) is 4.47 Å². The first-order valence-electron chi connectivity index (χ1n) is 5.69. The van der Waals surface area contributed by atoms with E-state index in [4.69, 9.17) is 5.73 Å². The van der Waals surface area contributed by atoms with Gasteiger partial charge in [-0.05, 0) is 52.2 Å². The fourth-order valence-corrected chi connectivity index (χ4v) is 2.20. The summed E-state index contributed by atoms with van der Waals surface area (Å²) in [5.41, 5.74) is 9.13. The van der Waals surface area contributed by atoms with Crippen LogP contribution < -0.4 is 5.73 Å². The predicted molar refractivity (Wildman–Crippen MR) is 73.7 cm³/mol. The Bertz CT molecular complexity index is 557. The van der Waals surface area contributed by atoms with Crippen molar-refractivity contribution >= 4 is 15.9 Å². The van der Waals surface area contributed by atoms with Crippen LogP contribution in [0.5, 0.6) is 0 Å². The molecule has 0 bridgehead atoms. The van der Waals surface area contributed by atoms with E-state index < -0.39 is 0 Å². The molecule has 2 nitrogen and oxygen atoms in total. The van der Waals surface area contributed by atoms with Crippen LogP contribution in [0.25, 0.3) is 0 Å². The lowest BCUT2D eigenvalue weighted by molar-refractivity contribution is 0.617. The third-order valence-electron chi connectivity index (χ3n) is 2.90. The van der Waals surface area contributed by atoms with Gasteiger partial charge >= 0.3 is 0 Å². The summed E-state index contributed by atoms with van der Waals surface area (Å²) in [5, 5.41) is 0. The molecule has 2 rings (SSSR count). The third kappa shape index (κ3) is 2.94. The summed E-state index contributed by atoms with van der Waals surface area (Å²) >= 11 is 3.17. The van der Waals surface area contributed by atoms with Gasteiger partial charge in [-0.3, -0.25) is 4.98 Å². The molecule has 0 aliphatic heterocycles. The van der Waals surface area contributed by atoms with Gasteiger partial charge in [0.2, 0.25) is 0 Å². The summed E-state index contributed by atoms with van der Waals surface area (Å²) in [6.45, 7) is 2.01. The van der Waals surface area contributed by atoms with Crippen molar-refractivity contribution in [1.82, 2.24) is 4.98 Å². The molecule has 0 amide bonds. The Hall–Kier alpha value is -1.26. The molecule has 1 unspecified atom stereocenters. The van der Waals surface area contributed by atoms with Crippen molar-refractivity contribution in [2.75, 3.05) is 0 Å². The molecule has 0 aliphatic carbocycles. The Labute approximate surface area is 114 Å². The van der Waals surface area contributed by atoms with Gasteiger partial charge in [0.1, 0.15) is 5.82 Å². The summed E-state index contributed by atoms with van der Waals surface area (Å²) in [6.07, 6.45) is 2.40. The first-order valence-corrected chi connectivity index (χ1v) is 6.48. The second-order valence-corrected chi connectivity index (χ2v) is 5.11. The topological polar surface area (TPSA) is 38.9 Å². The van der Waals surface area contributed by atoms with E-state index in [0.717, 1.165) is 16.8 Å². The standard InChI is InChI=1S/C14H14BrFN2/c1-9-3-2-6-18-14(9)8-13(17)10-4-5-12(16)11(15)7-10/h2-7,13H,8,17H2,1H3. The average Bonchev–Trinajstić information content (AvgIpc) is 2.35. The normalized spacial score (nSPS) is 12.4. The highest BCUT2D eigenvalue weighted by Crippen LogP contribution is 2.22. The number of hydrogen-bond acceptors (Lipinski definition) is 2. The molecular weight excluding hydrogens is 295 g/mol. The molecule has 4 heteroatoms. The van der Waals surface area contributed by atoms with Crippen LogP contribution in [0.1, 0.15) is 22.9 Å². The predicted octanol–water partition coefficient (Wildman–Crippen LogP) is 3.53. The smallest absolute Gasteiger partial charge is 0.137 e. The van der Waals surface area contributed by atoms with E-state index in [0.29, 0.717) is 10.9 Å². The molecule has 94 valence electrons. The molecule has 1 aromatic heterocycles. The van der Waals surface area contributed by atoms with E-state index in [9.17, 15) is 4.39 Å². The van der Waals surface area contributed by atoms with Gasteiger partial charge in [-0.15, -0.1) is 0 Å². The Morgan fingerprint density at radius 1 is 1.39 bits per heavy atom. The number of aryl methyl sites for hydroxylation is 1. The zero-order valence-corrected chi connectivity index (χ0v) is 11.6. The molecule has 1 aromatic carbocycles. The molecule has 18 heavy (non-hydrogen) atoms. The van der Waals surface area contributed by atoms with Crippen LogP contribution in [0.3, 0.4) is 0 Å². The summed E-state index contributed by atoms with van der Waals surface area (Å²) in [7, 11) is 0. The van der Waals surface area contributed by atoms with Gasteiger partial charge in [-0.25, -0.2) is 4.39 Å². The van der Waals surface area contributed by atoms with Crippen LogP contribution in [0.15, 0.2) is 41.0 Å². The third-order valence-corrected chi connectivity index (χ3v) is 3.51. The van der Waals surface area contributed by atoms with Crippen molar-refractivity contribution in [2.45, 2.75) is 19.4 Å². The highest BCUT2D eigenvalue weighted by Gasteiger charge is 2.11. The Balaban J connectivity index is 2.19. The maximum atomic E-state index is 13.2. The highest BCUT2D eigenvalue weighted by molar-refractivity contribution is 9.10. The Kier molecular flexibility index (Phi) is 4.09. The second-order valence-electron chi connectivity index (χ2n) is 4.25. The molecule has 1 atom stereocenters. The van der Waals surface area contributed by atoms with Gasteiger partial charge in [-0.2, -0.15) is 0 Å². The monoisotopic (exact) mass is 308 g/mol. The number of nitrogens with zero attached hydrogens (tertiary/aromatic N) is 1. The first kappa shape index (κ1) is 13.2. The van der Waals surface area contributed by atoms with E-state index in [-0.39, 0.29) is 11.9 Å². The second kappa shape index (κ2) is 5.59. The largest absolute Gasteiger partial charge is 0.324 e. The van der Waals surface area contributed by atoms with Crippen LogP contribution in [-0.4, -0.2) is 4.98 Å². The number of aromatic nitrogens is 1. The number of pyridine rings is 1. The molecule has 0 radical (unpaired) electrons. The van der Waals surface area contributed by atoms with Crippen LogP contribution in [0, 0.1) is 12.7 Å². The van der Waals surface area contributed by atoms with Gasteiger partial charge in [0.15, 0.2) is 0 Å². The zero-order chi connectivity index (χ0) is 13.1. The number of nitrogens with two attached hydrogens (primary N) is 1. The SMILES string of the molecule is Cc1cccnc1CC(N)c1ccc(F)c(Br)c1. The summed E-state index contributed by atoms with van der Waals surface area (Å²) in [4.78, 5) is 4.32. The minimum Gasteiger partial charge on any atom is -0.324 e. The van der Waals surface area contributed by atoms with E-state index in [2.05, 4.69) is 20.9 Å². The van der Waals surface area contributed by atoms with Gasteiger partial charge < -0.3 is 5.73 Å². The lowest BCUT2D eigenvalue weighted by atomic mass is 10.0.